The maximum Gasteiger partial charge on any atom is 0.174 e. The summed E-state index contributed by atoms with van der Waals surface area (Å²) < 4.78 is 5.26. The Kier molecular flexibility index (Phi) is 4.35. The molecule has 0 aliphatic heterocycles. The van der Waals surface area contributed by atoms with Crippen molar-refractivity contribution < 1.29 is 4.74 Å². The number of hydrogen-bond acceptors (Lipinski definition) is 4. The van der Waals surface area contributed by atoms with E-state index in [1.807, 2.05) is 55.6 Å². The van der Waals surface area contributed by atoms with Gasteiger partial charge < -0.3 is 10.1 Å². The Morgan fingerprint density at radius 1 is 1.32 bits per heavy atom. The van der Waals surface area contributed by atoms with Crippen LogP contribution in [0.15, 0.2) is 42.6 Å². The van der Waals surface area contributed by atoms with Crippen molar-refractivity contribution in [1.29, 1.82) is 5.26 Å². The molecule has 0 unspecified atom stereocenters. The van der Waals surface area contributed by atoms with E-state index in [1.54, 1.807) is 0 Å². The zero-order valence-electron chi connectivity index (χ0n) is 10.8. The number of aromatic nitrogens is 1. The van der Waals surface area contributed by atoms with Gasteiger partial charge in [0.1, 0.15) is 11.8 Å². The molecule has 0 saturated heterocycles. The molecule has 4 heteroatoms. The third kappa shape index (κ3) is 4.00. The van der Waals surface area contributed by atoms with Crippen LogP contribution in [0.25, 0.3) is 0 Å². The predicted octanol–water partition coefficient (Wildman–Crippen LogP) is 2.90. The Labute approximate surface area is 112 Å². The minimum Gasteiger partial charge on any atom is -0.479 e. The number of hydrogen-bond donors (Lipinski definition) is 1. The predicted molar refractivity (Wildman–Crippen MR) is 73.9 cm³/mol. The molecular formula is C15H15N3O. The zero-order valence-corrected chi connectivity index (χ0v) is 10.8. The third-order valence-electron chi connectivity index (χ3n) is 2.61. The third-order valence-corrected chi connectivity index (χ3v) is 2.61. The molecule has 4 nitrogen and oxygen atoms in total. The van der Waals surface area contributed by atoms with Crippen molar-refractivity contribution in [2.24, 2.45) is 0 Å². The molecule has 0 aliphatic rings. The van der Waals surface area contributed by atoms with Crippen molar-refractivity contribution in [2.75, 3.05) is 11.9 Å². The van der Waals surface area contributed by atoms with Gasteiger partial charge >= 0.3 is 0 Å². The summed E-state index contributed by atoms with van der Waals surface area (Å²) in [5, 5.41) is 11.8. The Balaban J connectivity index is 1.95. The molecule has 1 N–H and O–H groups in total. The lowest BCUT2D eigenvalue weighted by atomic mass is 10.2. The van der Waals surface area contributed by atoms with E-state index in [0.29, 0.717) is 12.3 Å². The first-order valence-corrected chi connectivity index (χ1v) is 6.03. The standard InChI is InChI=1S/C15H15N3O/c1-12-5-6-14(11-17-12)18-10-13-3-2-4-15(9-13)19-8-7-16/h2-6,9,11,18H,8,10H2,1H3. The largest absolute Gasteiger partial charge is 0.479 e. The topological polar surface area (TPSA) is 57.9 Å². The van der Waals surface area contributed by atoms with Crippen molar-refractivity contribution in [3.8, 4) is 11.8 Å². The van der Waals surface area contributed by atoms with Gasteiger partial charge in [0.2, 0.25) is 0 Å². The fourth-order valence-electron chi connectivity index (χ4n) is 1.64. The molecule has 0 radical (unpaired) electrons. The van der Waals surface area contributed by atoms with Gasteiger partial charge in [0.25, 0.3) is 0 Å². The fourth-order valence-corrected chi connectivity index (χ4v) is 1.64. The van der Waals surface area contributed by atoms with Crippen LogP contribution in [0.2, 0.25) is 0 Å². The number of nitrogens with one attached hydrogen (secondary N) is 1. The van der Waals surface area contributed by atoms with Crippen molar-refractivity contribution in [2.45, 2.75) is 13.5 Å². The first-order valence-electron chi connectivity index (χ1n) is 6.03. The van der Waals surface area contributed by atoms with Gasteiger partial charge in [-0.15, -0.1) is 0 Å². The molecule has 0 fully saturated rings. The summed E-state index contributed by atoms with van der Waals surface area (Å²) in [6.07, 6.45) is 1.81. The molecule has 0 atom stereocenters. The minimum absolute atomic E-state index is 0.0682. The highest BCUT2D eigenvalue weighted by Gasteiger charge is 1.98. The summed E-state index contributed by atoms with van der Waals surface area (Å²) >= 11 is 0. The van der Waals surface area contributed by atoms with E-state index in [4.69, 9.17) is 10.00 Å². The average molecular weight is 253 g/mol. The van der Waals surface area contributed by atoms with Crippen LogP contribution in [0.1, 0.15) is 11.3 Å². The second-order valence-electron chi connectivity index (χ2n) is 4.14. The molecule has 96 valence electrons. The molecule has 2 aromatic rings. The quantitative estimate of drug-likeness (QED) is 0.890. The summed E-state index contributed by atoms with van der Waals surface area (Å²) in [4.78, 5) is 4.23. The van der Waals surface area contributed by atoms with E-state index >= 15 is 0 Å². The van der Waals surface area contributed by atoms with Crippen LogP contribution in [0.5, 0.6) is 5.75 Å². The smallest absolute Gasteiger partial charge is 0.174 e. The van der Waals surface area contributed by atoms with E-state index in [2.05, 4.69) is 10.3 Å². The van der Waals surface area contributed by atoms with Crippen LogP contribution in [0, 0.1) is 18.3 Å². The van der Waals surface area contributed by atoms with Crippen molar-refractivity contribution in [3.05, 3.63) is 53.9 Å². The summed E-state index contributed by atoms with van der Waals surface area (Å²) in [6.45, 7) is 2.72. The van der Waals surface area contributed by atoms with Crippen LogP contribution in [0.4, 0.5) is 5.69 Å². The second-order valence-corrected chi connectivity index (χ2v) is 4.14. The average Bonchev–Trinajstić information content (AvgIpc) is 2.45. The zero-order chi connectivity index (χ0) is 13.5. The van der Waals surface area contributed by atoms with Crippen LogP contribution in [-0.2, 0) is 6.54 Å². The second kappa shape index (κ2) is 6.41. The molecular weight excluding hydrogens is 238 g/mol. The minimum atomic E-state index is 0.0682. The number of benzene rings is 1. The number of pyridine rings is 1. The molecule has 0 aliphatic carbocycles. The molecule has 0 spiro atoms. The number of anilines is 1. The normalized spacial score (nSPS) is 9.68. The molecule has 2 rings (SSSR count). The van der Waals surface area contributed by atoms with Crippen molar-refractivity contribution in [3.63, 3.8) is 0 Å². The molecule has 19 heavy (non-hydrogen) atoms. The van der Waals surface area contributed by atoms with E-state index in [-0.39, 0.29) is 6.61 Å². The molecule has 0 bridgehead atoms. The highest BCUT2D eigenvalue weighted by atomic mass is 16.5. The van der Waals surface area contributed by atoms with Crippen molar-refractivity contribution >= 4 is 5.69 Å². The molecule has 1 heterocycles. The van der Waals surface area contributed by atoms with E-state index in [9.17, 15) is 0 Å². The number of nitrogens with zero attached hydrogens (tertiary/aromatic N) is 2. The van der Waals surface area contributed by atoms with Gasteiger partial charge in [0, 0.05) is 12.2 Å². The summed E-state index contributed by atoms with van der Waals surface area (Å²) in [5.74, 6) is 0.711. The lowest BCUT2D eigenvalue weighted by Gasteiger charge is -2.08. The Hall–Kier alpha value is -2.54. The SMILES string of the molecule is Cc1ccc(NCc2cccc(OCC#N)c2)cn1. The maximum atomic E-state index is 8.48. The van der Waals surface area contributed by atoms with Crippen molar-refractivity contribution in [1.82, 2.24) is 4.98 Å². The molecule has 0 saturated carbocycles. The van der Waals surface area contributed by atoms with Gasteiger partial charge in [0.05, 0.1) is 11.9 Å². The highest BCUT2D eigenvalue weighted by Crippen LogP contribution is 2.15. The Bertz CT molecular complexity index is 573. The van der Waals surface area contributed by atoms with Gasteiger partial charge in [-0.25, -0.2) is 0 Å². The van der Waals surface area contributed by atoms with Crippen LogP contribution in [-0.4, -0.2) is 11.6 Å². The molecule has 1 aromatic carbocycles. The summed E-state index contributed by atoms with van der Waals surface area (Å²) in [5.41, 5.74) is 3.07. The van der Waals surface area contributed by atoms with Gasteiger partial charge in [0.15, 0.2) is 6.61 Å². The summed E-state index contributed by atoms with van der Waals surface area (Å²) in [7, 11) is 0. The molecule has 0 amide bonds. The van der Waals surface area contributed by atoms with Gasteiger partial charge in [-0.05, 0) is 36.8 Å². The number of ether oxygens (including phenoxy) is 1. The first kappa shape index (κ1) is 12.9. The number of aryl methyl sites for hydroxylation is 1. The van der Waals surface area contributed by atoms with Gasteiger partial charge in [-0.2, -0.15) is 5.26 Å². The van der Waals surface area contributed by atoms with E-state index in [1.165, 1.54) is 0 Å². The number of nitriles is 1. The Morgan fingerprint density at radius 3 is 2.95 bits per heavy atom. The van der Waals surface area contributed by atoms with Gasteiger partial charge in [-0.3, -0.25) is 4.98 Å². The number of rotatable bonds is 5. The van der Waals surface area contributed by atoms with E-state index in [0.717, 1.165) is 16.9 Å². The lowest BCUT2D eigenvalue weighted by Crippen LogP contribution is -2.01. The first-order chi connectivity index (χ1) is 9.28. The highest BCUT2D eigenvalue weighted by molar-refractivity contribution is 5.42. The monoisotopic (exact) mass is 253 g/mol. The van der Waals surface area contributed by atoms with Gasteiger partial charge in [-0.1, -0.05) is 12.1 Å². The lowest BCUT2D eigenvalue weighted by molar-refractivity contribution is 0.368. The Morgan fingerprint density at radius 2 is 2.21 bits per heavy atom. The van der Waals surface area contributed by atoms with E-state index < -0.39 is 0 Å². The van der Waals surface area contributed by atoms with Crippen LogP contribution >= 0.6 is 0 Å². The van der Waals surface area contributed by atoms with Crippen LogP contribution in [0.3, 0.4) is 0 Å². The maximum absolute atomic E-state index is 8.48. The molecule has 1 aromatic heterocycles. The summed E-state index contributed by atoms with van der Waals surface area (Å²) in [6, 6.07) is 13.6. The van der Waals surface area contributed by atoms with Crippen LogP contribution < -0.4 is 10.1 Å². The fraction of sp³-hybridized carbons (Fsp3) is 0.200.